The first-order valence-corrected chi connectivity index (χ1v) is 12.4. The van der Waals surface area contributed by atoms with Crippen molar-refractivity contribution in [1.82, 2.24) is 5.32 Å². The van der Waals surface area contributed by atoms with E-state index >= 15 is 0 Å². The number of nitrogens with zero attached hydrogens (tertiary/aromatic N) is 1. The van der Waals surface area contributed by atoms with Gasteiger partial charge in [-0.05, 0) is 69.2 Å². The van der Waals surface area contributed by atoms with E-state index in [4.69, 9.17) is 0 Å². The molecule has 0 fully saturated rings. The molecule has 0 aliphatic heterocycles. The number of nitrogens with one attached hydrogen (secondary N) is 1. The zero-order valence-corrected chi connectivity index (χ0v) is 20.7. The summed E-state index contributed by atoms with van der Waals surface area (Å²) in [7, 11) is -4.34. The number of sulfonamides is 1. The number of hydrogen-bond acceptors (Lipinski definition) is 3. The molecule has 1 unspecified atom stereocenters. The van der Waals surface area contributed by atoms with Crippen LogP contribution in [-0.2, 0) is 21.0 Å². The highest BCUT2D eigenvalue weighted by Gasteiger charge is 2.33. The van der Waals surface area contributed by atoms with E-state index in [1.807, 2.05) is 32.0 Å². The fraction of sp³-hybridized carbons (Fsp3) is 0.269. The maximum Gasteiger partial charge on any atom is 0.416 e. The number of hydrogen-bond donors (Lipinski definition) is 1. The Morgan fingerprint density at radius 2 is 1.57 bits per heavy atom. The fourth-order valence-corrected chi connectivity index (χ4v) is 5.12. The Hall–Kier alpha value is -3.33. The van der Waals surface area contributed by atoms with E-state index in [0.29, 0.717) is 4.31 Å². The van der Waals surface area contributed by atoms with Crippen molar-refractivity contribution >= 4 is 21.6 Å². The van der Waals surface area contributed by atoms with E-state index < -0.39 is 40.3 Å². The summed E-state index contributed by atoms with van der Waals surface area (Å²) in [4.78, 5) is 12.9. The van der Waals surface area contributed by atoms with Crippen LogP contribution in [0.2, 0.25) is 0 Å². The van der Waals surface area contributed by atoms with Gasteiger partial charge in [0.1, 0.15) is 6.54 Å². The van der Waals surface area contributed by atoms with Crippen molar-refractivity contribution in [1.29, 1.82) is 0 Å². The maximum atomic E-state index is 13.5. The molecule has 186 valence electrons. The average molecular weight is 505 g/mol. The minimum absolute atomic E-state index is 0.129. The molecule has 35 heavy (non-hydrogen) atoms. The summed E-state index contributed by atoms with van der Waals surface area (Å²) in [5.74, 6) is -0.647. The number of rotatable bonds is 7. The number of benzene rings is 3. The molecule has 0 saturated carbocycles. The molecule has 3 rings (SSSR count). The van der Waals surface area contributed by atoms with E-state index in [-0.39, 0.29) is 10.6 Å². The lowest BCUT2D eigenvalue weighted by molar-refractivity contribution is -0.137. The van der Waals surface area contributed by atoms with Gasteiger partial charge in [-0.1, -0.05) is 47.5 Å². The first kappa shape index (κ1) is 26.3. The third-order valence-corrected chi connectivity index (χ3v) is 7.42. The smallest absolute Gasteiger partial charge is 0.348 e. The second-order valence-corrected chi connectivity index (χ2v) is 10.4. The molecular formula is C26H27F3N2O3S. The Labute approximate surface area is 203 Å². The van der Waals surface area contributed by atoms with Crippen molar-refractivity contribution in [3.8, 4) is 0 Å². The highest BCUT2D eigenvalue weighted by atomic mass is 32.2. The molecule has 1 N–H and O–H groups in total. The highest BCUT2D eigenvalue weighted by molar-refractivity contribution is 7.92. The first-order valence-electron chi connectivity index (χ1n) is 10.9. The van der Waals surface area contributed by atoms with Gasteiger partial charge in [-0.2, -0.15) is 13.2 Å². The average Bonchev–Trinajstić information content (AvgIpc) is 2.78. The van der Waals surface area contributed by atoms with Gasteiger partial charge in [0.05, 0.1) is 22.2 Å². The number of carbonyl (C=O) groups excluding carboxylic acids is 1. The third-order valence-electron chi connectivity index (χ3n) is 5.64. The van der Waals surface area contributed by atoms with Gasteiger partial charge in [-0.15, -0.1) is 0 Å². The lowest BCUT2D eigenvalue weighted by Gasteiger charge is -2.26. The molecule has 0 saturated heterocycles. The van der Waals surface area contributed by atoms with Crippen LogP contribution < -0.4 is 9.62 Å². The molecule has 1 atom stereocenters. The van der Waals surface area contributed by atoms with Crippen molar-refractivity contribution in [2.45, 2.75) is 44.8 Å². The third kappa shape index (κ3) is 6.22. The van der Waals surface area contributed by atoms with Crippen LogP contribution in [0.15, 0.2) is 71.6 Å². The summed E-state index contributed by atoms with van der Waals surface area (Å²) in [5.41, 5.74) is 2.36. The molecule has 0 bridgehead atoms. The zero-order chi connectivity index (χ0) is 26.0. The van der Waals surface area contributed by atoms with E-state index in [1.54, 1.807) is 26.0 Å². The van der Waals surface area contributed by atoms with Gasteiger partial charge in [0.2, 0.25) is 5.91 Å². The lowest BCUT2D eigenvalue weighted by atomic mass is 10.00. The number of halogens is 3. The Bertz CT molecular complexity index is 1320. The molecule has 3 aromatic carbocycles. The summed E-state index contributed by atoms with van der Waals surface area (Å²) in [6.45, 7) is 6.67. The topological polar surface area (TPSA) is 66.5 Å². The van der Waals surface area contributed by atoms with Crippen molar-refractivity contribution < 1.29 is 26.4 Å². The van der Waals surface area contributed by atoms with Gasteiger partial charge in [-0.3, -0.25) is 9.10 Å². The van der Waals surface area contributed by atoms with Crippen LogP contribution in [0, 0.1) is 20.8 Å². The molecule has 0 aromatic heterocycles. The van der Waals surface area contributed by atoms with Crippen LogP contribution in [0.1, 0.15) is 40.8 Å². The standard InChI is InChI=1S/C26H27F3N2O3S/c1-17-9-12-23(13-10-17)35(33,34)31(22-7-5-6-21(15-22)26(27,28)29)16-25(32)30-20(4)24-14-18(2)8-11-19(24)3/h5-15,20H,16H2,1-4H3,(H,30,32). The Kier molecular flexibility index (Phi) is 7.59. The molecular weight excluding hydrogens is 477 g/mol. The van der Waals surface area contributed by atoms with E-state index in [1.165, 1.54) is 18.2 Å². The quantitative estimate of drug-likeness (QED) is 0.449. The minimum atomic E-state index is -4.67. The molecule has 1 amide bonds. The monoisotopic (exact) mass is 504 g/mol. The molecule has 3 aromatic rings. The number of amides is 1. The second kappa shape index (κ2) is 10.1. The fourth-order valence-electron chi connectivity index (χ4n) is 3.71. The van der Waals surface area contributed by atoms with Crippen LogP contribution >= 0.6 is 0 Å². The Morgan fingerprint density at radius 3 is 2.20 bits per heavy atom. The van der Waals surface area contributed by atoms with Crippen LogP contribution in [0.4, 0.5) is 18.9 Å². The summed E-state index contributed by atoms with van der Waals surface area (Å²) in [6.07, 6.45) is -4.67. The number of alkyl halides is 3. The van der Waals surface area contributed by atoms with Crippen molar-refractivity contribution in [2.75, 3.05) is 10.8 Å². The van der Waals surface area contributed by atoms with Crippen LogP contribution in [0.5, 0.6) is 0 Å². The van der Waals surface area contributed by atoms with Crippen LogP contribution in [0.25, 0.3) is 0 Å². The molecule has 0 heterocycles. The van der Waals surface area contributed by atoms with Gasteiger partial charge >= 0.3 is 6.18 Å². The van der Waals surface area contributed by atoms with E-state index in [2.05, 4.69) is 5.32 Å². The number of carbonyl (C=O) groups is 1. The minimum Gasteiger partial charge on any atom is -0.348 e. The van der Waals surface area contributed by atoms with Gasteiger partial charge in [0.15, 0.2) is 0 Å². The van der Waals surface area contributed by atoms with Gasteiger partial charge in [0, 0.05) is 0 Å². The zero-order valence-electron chi connectivity index (χ0n) is 19.8. The lowest BCUT2D eigenvalue weighted by Crippen LogP contribution is -2.41. The summed E-state index contributed by atoms with van der Waals surface area (Å²) < 4.78 is 67.6. The second-order valence-electron chi connectivity index (χ2n) is 8.52. The molecule has 0 spiro atoms. The maximum absolute atomic E-state index is 13.5. The van der Waals surface area contributed by atoms with Crippen LogP contribution in [-0.4, -0.2) is 20.9 Å². The van der Waals surface area contributed by atoms with E-state index in [9.17, 15) is 26.4 Å². The Balaban J connectivity index is 1.98. The van der Waals surface area contributed by atoms with Crippen molar-refractivity contribution in [3.05, 3.63) is 94.5 Å². The predicted octanol–water partition coefficient (Wildman–Crippen LogP) is 5.70. The normalized spacial score (nSPS) is 12.8. The predicted molar refractivity (Wildman–Crippen MR) is 130 cm³/mol. The van der Waals surface area contributed by atoms with Crippen LogP contribution in [0.3, 0.4) is 0 Å². The summed E-state index contributed by atoms with van der Waals surface area (Å²) in [5, 5.41) is 2.77. The molecule has 5 nitrogen and oxygen atoms in total. The largest absolute Gasteiger partial charge is 0.416 e. The highest BCUT2D eigenvalue weighted by Crippen LogP contribution is 2.33. The molecule has 0 aliphatic rings. The van der Waals surface area contributed by atoms with Gasteiger partial charge in [0.25, 0.3) is 10.0 Å². The molecule has 9 heteroatoms. The van der Waals surface area contributed by atoms with Crippen molar-refractivity contribution in [3.63, 3.8) is 0 Å². The Morgan fingerprint density at radius 1 is 0.943 bits per heavy atom. The number of anilines is 1. The number of aryl methyl sites for hydroxylation is 3. The van der Waals surface area contributed by atoms with Gasteiger partial charge < -0.3 is 5.32 Å². The first-order chi connectivity index (χ1) is 16.3. The van der Waals surface area contributed by atoms with Crippen molar-refractivity contribution in [2.24, 2.45) is 0 Å². The van der Waals surface area contributed by atoms with Gasteiger partial charge in [-0.25, -0.2) is 8.42 Å². The summed E-state index contributed by atoms with van der Waals surface area (Å²) in [6, 6.07) is 15.2. The summed E-state index contributed by atoms with van der Waals surface area (Å²) >= 11 is 0. The molecule has 0 radical (unpaired) electrons. The SMILES string of the molecule is Cc1ccc(S(=O)(=O)N(CC(=O)NC(C)c2cc(C)ccc2C)c2cccc(C(F)(F)F)c2)cc1. The van der Waals surface area contributed by atoms with E-state index in [0.717, 1.165) is 40.5 Å². The molecule has 0 aliphatic carbocycles.